The minimum Gasteiger partial charge on any atom is -0.481 e. The van der Waals surface area contributed by atoms with Crippen LogP contribution in [0.4, 0.5) is 0 Å². The Morgan fingerprint density at radius 2 is 2.27 bits per heavy atom. The number of carbonyl (C=O) groups is 1. The Bertz CT molecular complexity index is 317. The monoisotopic (exact) mass is 230 g/mol. The summed E-state index contributed by atoms with van der Waals surface area (Å²) >= 11 is 5.85. The maximum absolute atomic E-state index is 10.2. The van der Waals surface area contributed by atoms with E-state index in [4.69, 9.17) is 16.7 Å². The highest BCUT2D eigenvalue weighted by atomic mass is 35.5. The Balaban J connectivity index is 2.18. The number of aromatic nitrogens is 2. The second-order valence-electron chi connectivity index (χ2n) is 3.53. The summed E-state index contributed by atoms with van der Waals surface area (Å²) in [7, 11) is 0. The average Bonchev–Trinajstić information content (AvgIpc) is 2.45. The molecule has 0 aliphatic rings. The molecule has 1 N–H and O–H groups in total. The van der Waals surface area contributed by atoms with E-state index in [1.807, 2.05) is 6.92 Å². The van der Waals surface area contributed by atoms with E-state index < -0.39 is 5.97 Å². The van der Waals surface area contributed by atoms with Gasteiger partial charge in [-0.25, -0.2) is 0 Å². The first kappa shape index (κ1) is 12.0. The van der Waals surface area contributed by atoms with Crippen LogP contribution >= 0.6 is 11.6 Å². The van der Waals surface area contributed by atoms with E-state index >= 15 is 0 Å². The molecule has 0 atom stereocenters. The van der Waals surface area contributed by atoms with E-state index in [0.29, 0.717) is 5.02 Å². The summed E-state index contributed by atoms with van der Waals surface area (Å²) in [5.41, 5.74) is 0.835. The first-order valence-electron chi connectivity index (χ1n) is 5.01. The van der Waals surface area contributed by atoms with E-state index in [-0.39, 0.29) is 6.42 Å². The Hall–Kier alpha value is -1.03. The van der Waals surface area contributed by atoms with E-state index in [1.54, 1.807) is 10.9 Å². The van der Waals surface area contributed by atoms with E-state index in [9.17, 15) is 4.79 Å². The van der Waals surface area contributed by atoms with Gasteiger partial charge in [0, 0.05) is 19.2 Å². The Morgan fingerprint density at radius 1 is 1.53 bits per heavy atom. The molecule has 0 fully saturated rings. The lowest BCUT2D eigenvalue weighted by molar-refractivity contribution is -0.137. The predicted molar refractivity (Wildman–Crippen MR) is 58.1 cm³/mol. The Labute approximate surface area is 93.9 Å². The third-order valence-corrected chi connectivity index (χ3v) is 2.54. The summed E-state index contributed by atoms with van der Waals surface area (Å²) < 4.78 is 1.80. The van der Waals surface area contributed by atoms with Gasteiger partial charge in [-0.2, -0.15) is 5.10 Å². The fraction of sp³-hybridized carbons (Fsp3) is 0.600. The van der Waals surface area contributed by atoms with Gasteiger partial charge in [0.05, 0.1) is 10.7 Å². The summed E-state index contributed by atoms with van der Waals surface area (Å²) in [6, 6.07) is 0. The highest BCUT2D eigenvalue weighted by Crippen LogP contribution is 2.12. The van der Waals surface area contributed by atoms with Crippen molar-refractivity contribution in [3.8, 4) is 0 Å². The molecule has 0 aliphatic heterocycles. The first-order chi connectivity index (χ1) is 7.09. The van der Waals surface area contributed by atoms with Gasteiger partial charge in [-0.05, 0) is 19.8 Å². The number of aryl methyl sites for hydroxylation is 2. The molecule has 0 amide bonds. The Kier molecular flexibility index (Phi) is 4.62. The molecule has 0 aliphatic carbocycles. The van der Waals surface area contributed by atoms with Gasteiger partial charge in [0.15, 0.2) is 0 Å². The molecule has 1 rings (SSSR count). The van der Waals surface area contributed by atoms with E-state index in [0.717, 1.165) is 31.5 Å². The molecular weight excluding hydrogens is 216 g/mol. The number of hydrogen-bond donors (Lipinski definition) is 1. The average molecular weight is 231 g/mol. The number of unbranched alkanes of at least 4 members (excludes halogenated alkanes) is 2. The van der Waals surface area contributed by atoms with Crippen LogP contribution in [0.3, 0.4) is 0 Å². The fourth-order valence-corrected chi connectivity index (χ4v) is 1.49. The van der Waals surface area contributed by atoms with Crippen LogP contribution in [0.2, 0.25) is 5.02 Å². The zero-order chi connectivity index (χ0) is 11.3. The lowest BCUT2D eigenvalue weighted by Crippen LogP contribution is -2.00. The molecule has 0 saturated carbocycles. The molecule has 15 heavy (non-hydrogen) atoms. The van der Waals surface area contributed by atoms with Gasteiger partial charge in [-0.15, -0.1) is 0 Å². The van der Waals surface area contributed by atoms with Crippen LogP contribution in [0.15, 0.2) is 6.20 Å². The van der Waals surface area contributed by atoms with Crippen LogP contribution in [-0.2, 0) is 11.3 Å². The van der Waals surface area contributed by atoms with Gasteiger partial charge in [-0.1, -0.05) is 18.0 Å². The second-order valence-corrected chi connectivity index (χ2v) is 3.94. The molecule has 0 saturated heterocycles. The van der Waals surface area contributed by atoms with Crippen molar-refractivity contribution >= 4 is 17.6 Å². The molecule has 1 aromatic heterocycles. The molecular formula is C10H15ClN2O2. The topological polar surface area (TPSA) is 55.1 Å². The molecule has 0 aromatic carbocycles. The van der Waals surface area contributed by atoms with Crippen LogP contribution in [0, 0.1) is 6.92 Å². The minimum absolute atomic E-state index is 0.249. The number of halogens is 1. The highest BCUT2D eigenvalue weighted by molar-refractivity contribution is 6.31. The van der Waals surface area contributed by atoms with Crippen LogP contribution in [0.1, 0.15) is 31.4 Å². The number of nitrogens with zero attached hydrogens (tertiary/aromatic N) is 2. The van der Waals surface area contributed by atoms with Crippen molar-refractivity contribution in [3.63, 3.8) is 0 Å². The van der Waals surface area contributed by atoms with Crippen molar-refractivity contribution in [3.05, 3.63) is 16.9 Å². The van der Waals surface area contributed by atoms with Crippen LogP contribution in [-0.4, -0.2) is 20.9 Å². The third-order valence-electron chi connectivity index (χ3n) is 2.16. The quantitative estimate of drug-likeness (QED) is 0.764. The molecule has 4 nitrogen and oxygen atoms in total. The largest absolute Gasteiger partial charge is 0.481 e. The molecule has 84 valence electrons. The normalized spacial score (nSPS) is 10.5. The zero-order valence-corrected chi connectivity index (χ0v) is 9.50. The SMILES string of the molecule is Cc1nn(CCCCCC(=O)O)cc1Cl. The standard InChI is InChI=1S/C10H15ClN2O2/c1-8-9(11)7-13(12-8)6-4-2-3-5-10(14)15/h7H,2-6H2,1H3,(H,14,15). The molecule has 0 radical (unpaired) electrons. The van der Waals surface area contributed by atoms with Crippen molar-refractivity contribution < 1.29 is 9.90 Å². The van der Waals surface area contributed by atoms with Crippen molar-refractivity contribution in [2.75, 3.05) is 0 Å². The van der Waals surface area contributed by atoms with Gasteiger partial charge in [0.25, 0.3) is 0 Å². The van der Waals surface area contributed by atoms with Crippen LogP contribution in [0.25, 0.3) is 0 Å². The summed E-state index contributed by atoms with van der Waals surface area (Å²) in [6.45, 7) is 2.66. The number of hydrogen-bond acceptors (Lipinski definition) is 2. The van der Waals surface area contributed by atoms with Crippen LogP contribution < -0.4 is 0 Å². The van der Waals surface area contributed by atoms with Crippen LogP contribution in [0.5, 0.6) is 0 Å². The smallest absolute Gasteiger partial charge is 0.303 e. The molecule has 1 heterocycles. The zero-order valence-electron chi connectivity index (χ0n) is 8.74. The molecule has 0 bridgehead atoms. The highest BCUT2D eigenvalue weighted by Gasteiger charge is 2.01. The number of aliphatic carboxylic acids is 1. The van der Waals surface area contributed by atoms with Crippen molar-refractivity contribution in [2.45, 2.75) is 39.2 Å². The third kappa shape index (κ3) is 4.34. The lowest BCUT2D eigenvalue weighted by Gasteiger charge is -2.00. The summed E-state index contributed by atoms with van der Waals surface area (Å²) in [5, 5.41) is 13.3. The number of rotatable bonds is 6. The second kappa shape index (κ2) is 5.75. The Morgan fingerprint density at radius 3 is 2.80 bits per heavy atom. The van der Waals surface area contributed by atoms with Crippen molar-refractivity contribution in [1.29, 1.82) is 0 Å². The number of carboxylic acid groups (broad SMARTS) is 1. The molecule has 1 aromatic rings. The maximum atomic E-state index is 10.2. The molecule has 5 heteroatoms. The van der Waals surface area contributed by atoms with Gasteiger partial charge in [0.2, 0.25) is 0 Å². The maximum Gasteiger partial charge on any atom is 0.303 e. The van der Waals surface area contributed by atoms with Crippen molar-refractivity contribution in [1.82, 2.24) is 9.78 Å². The van der Waals surface area contributed by atoms with Gasteiger partial charge < -0.3 is 5.11 Å². The van der Waals surface area contributed by atoms with E-state index in [1.165, 1.54) is 0 Å². The molecule has 0 unspecified atom stereocenters. The minimum atomic E-state index is -0.729. The predicted octanol–water partition coefficient (Wildman–Crippen LogP) is 2.49. The fourth-order valence-electron chi connectivity index (χ4n) is 1.33. The van der Waals surface area contributed by atoms with E-state index in [2.05, 4.69) is 5.10 Å². The molecule has 0 spiro atoms. The lowest BCUT2D eigenvalue weighted by atomic mass is 10.2. The van der Waals surface area contributed by atoms with Crippen molar-refractivity contribution in [2.24, 2.45) is 0 Å². The number of carboxylic acids is 1. The van der Waals surface area contributed by atoms with Gasteiger partial charge in [0.1, 0.15) is 0 Å². The first-order valence-corrected chi connectivity index (χ1v) is 5.38. The summed E-state index contributed by atoms with van der Waals surface area (Å²) in [6.07, 6.45) is 4.61. The summed E-state index contributed by atoms with van der Waals surface area (Å²) in [4.78, 5) is 10.2. The van der Waals surface area contributed by atoms with Gasteiger partial charge in [-0.3, -0.25) is 9.48 Å². The summed E-state index contributed by atoms with van der Waals surface area (Å²) in [5.74, 6) is -0.729. The van der Waals surface area contributed by atoms with Gasteiger partial charge >= 0.3 is 5.97 Å².